The molecule has 0 heterocycles. The Morgan fingerprint density at radius 2 is 1.56 bits per heavy atom. The Bertz CT molecular complexity index is 1060. The third-order valence-corrected chi connectivity index (χ3v) is 7.02. The number of nitrogens with zero attached hydrogens (tertiary/aromatic N) is 1. The van der Waals surface area contributed by atoms with Crippen molar-refractivity contribution in [3.05, 3.63) is 106 Å². The zero-order valence-corrected chi connectivity index (χ0v) is 22.1. The van der Waals surface area contributed by atoms with Crippen LogP contribution in [0.2, 0.25) is 0 Å². The van der Waals surface area contributed by atoms with E-state index in [9.17, 15) is 9.59 Å². The molecule has 0 aliphatic carbocycles. The molecule has 34 heavy (non-hydrogen) atoms. The van der Waals surface area contributed by atoms with Crippen LogP contribution in [0, 0.1) is 6.92 Å². The van der Waals surface area contributed by atoms with Crippen LogP contribution in [0.3, 0.4) is 0 Å². The van der Waals surface area contributed by atoms with Gasteiger partial charge in [0.25, 0.3) is 0 Å². The van der Waals surface area contributed by atoms with Gasteiger partial charge in [0.15, 0.2) is 0 Å². The SMILES string of the molecule is CCNC(=O)C(Cc1ccccc1)N(Cc1ccc(Br)cc1)C(=O)CSCc1ccc(C)cc1. The maximum absolute atomic E-state index is 13.5. The number of thioether (sulfide) groups is 1. The Morgan fingerprint density at radius 1 is 0.912 bits per heavy atom. The Balaban J connectivity index is 1.81. The molecule has 3 aromatic rings. The molecular formula is C28H31BrN2O2S. The molecule has 0 aliphatic rings. The second-order valence-electron chi connectivity index (χ2n) is 8.23. The first kappa shape index (κ1) is 26.0. The minimum absolute atomic E-state index is 0.0350. The van der Waals surface area contributed by atoms with Gasteiger partial charge in [0.1, 0.15) is 6.04 Å². The maximum atomic E-state index is 13.5. The van der Waals surface area contributed by atoms with Crippen molar-refractivity contribution in [1.82, 2.24) is 10.2 Å². The van der Waals surface area contributed by atoms with Gasteiger partial charge in [0, 0.05) is 29.7 Å². The van der Waals surface area contributed by atoms with Crippen molar-refractivity contribution in [2.75, 3.05) is 12.3 Å². The Kier molecular flexibility index (Phi) is 10.2. The molecule has 0 radical (unpaired) electrons. The topological polar surface area (TPSA) is 49.4 Å². The van der Waals surface area contributed by atoms with E-state index < -0.39 is 6.04 Å². The number of hydrogen-bond donors (Lipinski definition) is 1. The molecule has 0 spiro atoms. The van der Waals surface area contributed by atoms with Crippen LogP contribution in [-0.4, -0.2) is 35.1 Å². The van der Waals surface area contributed by atoms with E-state index in [0.717, 1.165) is 21.4 Å². The first-order chi connectivity index (χ1) is 16.5. The average Bonchev–Trinajstić information content (AvgIpc) is 2.84. The van der Waals surface area contributed by atoms with Gasteiger partial charge in [-0.15, -0.1) is 11.8 Å². The fourth-order valence-electron chi connectivity index (χ4n) is 3.66. The highest BCUT2D eigenvalue weighted by molar-refractivity contribution is 9.10. The Hall–Kier alpha value is -2.57. The molecule has 0 fully saturated rings. The average molecular weight is 540 g/mol. The van der Waals surface area contributed by atoms with Crippen LogP contribution in [0.15, 0.2) is 83.3 Å². The summed E-state index contributed by atoms with van der Waals surface area (Å²) in [5, 5.41) is 2.94. The molecule has 6 heteroatoms. The molecule has 178 valence electrons. The quantitative estimate of drug-likeness (QED) is 0.337. The van der Waals surface area contributed by atoms with Crippen LogP contribution in [0.25, 0.3) is 0 Å². The highest BCUT2D eigenvalue weighted by Crippen LogP contribution is 2.20. The van der Waals surface area contributed by atoms with Crippen LogP contribution in [0.4, 0.5) is 0 Å². The smallest absolute Gasteiger partial charge is 0.243 e. The van der Waals surface area contributed by atoms with Gasteiger partial charge in [-0.2, -0.15) is 0 Å². The number of likely N-dealkylation sites (N-methyl/N-ethyl adjacent to an activating group) is 1. The lowest BCUT2D eigenvalue weighted by molar-refractivity contribution is -0.139. The fourth-order valence-corrected chi connectivity index (χ4v) is 4.79. The number of hydrogen-bond acceptors (Lipinski definition) is 3. The van der Waals surface area contributed by atoms with E-state index in [0.29, 0.717) is 25.3 Å². The summed E-state index contributed by atoms with van der Waals surface area (Å²) in [6.07, 6.45) is 0.470. The number of aryl methyl sites for hydroxylation is 1. The lowest BCUT2D eigenvalue weighted by Gasteiger charge is -2.31. The van der Waals surface area contributed by atoms with Crippen molar-refractivity contribution in [2.45, 2.75) is 38.6 Å². The molecule has 3 rings (SSSR count). The summed E-state index contributed by atoms with van der Waals surface area (Å²) >= 11 is 5.05. The predicted molar refractivity (Wildman–Crippen MR) is 145 cm³/mol. The second kappa shape index (κ2) is 13.4. The molecular weight excluding hydrogens is 508 g/mol. The third-order valence-electron chi connectivity index (χ3n) is 5.50. The second-order valence-corrected chi connectivity index (χ2v) is 10.1. The van der Waals surface area contributed by atoms with E-state index in [2.05, 4.69) is 52.4 Å². The van der Waals surface area contributed by atoms with Gasteiger partial charge in [0.2, 0.25) is 11.8 Å². The van der Waals surface area contributed by atoms with Gasteiger partial charge >= 0.3 is 0 Å². The number of nitrogens with one attached hydrogen (secondary N) is 1. The predicted octanol–water partition coefficient (Wildman–Crippen LogP) is 5.77. The normalized spacial score (nSPS) is 11.6. The van der Waals surface area contributed by atoms with Crippen molar-refractivity contribution in [3.8, 4) is 0 Å². The van der Waals surface area contributed by atoms with Crippen LogP contribution in [0.1, 0.15) is 29.2 Å². The largest absolute Gasteiger partial charge is 0.355 e. The standard InChI is InChI=1S/C28H31BrN2O2S/c1-3-30-28(33)26(17-22-7-5-4-6-8-22)31(18-23-13-15-25(29)16-14-23)27(32)20-34-19-24-11-9-21(2)10-12-24/h4-16,26H,3,17-20H2,1-2H3,(H,30,33). The molecule has 1 atom stereocenters. The molecule has 1 N–H and O–H groups in total. The summed E-state index contributed by atoms with van der Waals surface area (Å²) in [4.78, 5) is 28.4. The van der Waals surface area contributed by atoms with Crippen molar-refractivity contribution in [1.29, 1.82) is 0 Å². The first-order valence-electron chi connectivity index (χ1n) is 11.4. The summed E-state index contributed by atoms with van der Waals surface area (Å²) in [6, 6.07) is 25.6. The van der Waals surface area contributed by atoms with Crippen LogP contribution in [0.5, 0.6) is 0 Å². The van der Waals surface area contributed by atoms with E-state index in [4.69, 9.17) is 0 Å². The van der Waals surface area contributed by atoms with Gasteiger partial charge < -0.3 is 10.2 Å². The van der Waals surface area contributed by atoms with Gasteiger partial charge in [-0.25, -0.2) is 0 Å². The van der Waals surface area contributed by atoms with Gasteiger partial charge in [-0.1, -0.05) is 88.2 Å². The van der Waals surface area contributed by atoms with E-state index in [1.165, 1.54) is 11.1 Å². The minimum Gasteiger partial charge on any atom is -0.355 e. The van der Waals surface area contributed by atoms with Crippen molar-refractivity contribution in [2.24, 2.45) is 0 Å². The molecule has 0 saturated heterocycles. The van der Waals surface area contributed by atoms with E-state index in [-0.39, 0.29) is 11.8 Å². The van der Waals surface area contributed by atoms with Crippen LogP contribution in [-0.2, 0) is 28.3 Å². The molecule has 1 unspecified atom stereocenters. The molecule has 0 saturated carbocycles. The van der Waals surface area contributed by atoms with Crippen LogP contribution >= 0.6 is 27.7 Å². The number of benzene rings is 3. The van der Waals surface area contributed by atoms with Crippen LogP contribution < -0.4 is 5.32 Å². The number of rotatable bonds is 11. The zero-order chi connectivity index (χ0) is 24.3. The number of amides is 2. The first-order valence-corrected chi connectivity index (χ1v) is 13.4. The summed E-state index contributed by atoms with van der Waals surface area (Å²) in [5.41, 5.74) is 4.42. The maximum Gasteiger partial charge on any atom is 0.243 e. The molecule has 0 aliphatic heterocycles. The molecule has 4 nitrogen and oxygen atoms in total. The Labute approximate surface area is 215 Å². The van der Waals surface area contributed by atoms with E-state index in [1.807, 2.05) is 61.5 Å². The number of carbonyl (C=O) groups is 2. The highest BCUT2D eigenvalue weighted by atomic mass is 79.9. The zero-order valence-electron chi connectivity index (χ0n) is 19.7. The van der Waals surface area contributed by atoms with Crippen molar-refractivity contribution >= 4 is 39.5 Å². The van der Waals surface area contributed by atoms with Gasteiger partial charge in [-0.3, -0.25) is 9.59 Å². The third kappa shape index (κ3) is 8.03. The molecule has 0 bridgehead atoms. The summed E-state index contributed by atoms with van der Waals surface area (Å²) < 4.78 is 0.979. The summed E-state index contributed by atoms with van der Waals surface area (Å²) in [6.45, 7) is 4.86. The van der Waals surface area contributed by atoms with E-state index >= 15 is 0 Å². The lowest BCUT2D eigenvalue weighted by atomic mass is 10.0. The summed E-state index contributed by atoms with van der Waals surface area (Å²) in [5.74, 6) is 0.908. The van der Waals surface area contributed by atoms with E-state index in [1.54, 1.807) is 16.7 Å². The summed E-state index contributed by atoms with van der Waals surface area (Å²) in [7, 11) is 0. The Morgan fingerprint density at radius 3 is 2.21 bits per heavy atom. The van der Waals surface area contributed by atoms with Crippen molar-refractivity contribution < 1.29 is 9.59 Å². The van der Waals surface area contributed by atoms with Crippen molar-refractivity contribution in [3.63, 3.8) is 0 Å². The minimum atomic E-state index is -0.585. The number of halogens is 1. The van der Waals surface area contributed by atoms with Gasteiger partial charge in [0.05, 0.1) is 5.75 Å². The molecule has 3 aromatic carbocycles. The lowest BCUT2D eigenvalue weighted by Crippen LogP contribution is -2.51. The molecule has 2 amide bonds. The number of carbonyl (C=O) groups excluding carboxylic acids is 2. The highest BCUT2D eigenvalue weighted by Gasteiger charge is 2.30. The monoisotopic (exact) mass is 538 g/mol. The fraction of sp³-hybridized carbons (Fsp3) is 0.286. The van der Waals surface area contributed by atoms with Gasteiger partial charge in [-0.05, 0) is 42.7 Å². The molecule has 0 aromatic heterocycles.